The monoisotopic (exact) mass is 187 g/mol. The molecule has 1 N–H and O–H groups in total. The first-order chi connectivity index (χ1) is 6.22. The van der Waals surface area contributed by atoms with Gasteiger partial charge in [0, 0.05) is 6.42 Å². The molecule has 0 bridgehead atoms. The lowest BCUT2D eigenvalue weighted by molar-refractivity contribution is -0.252. The minimum absolute atomic E-state index is 0.146. The normalized spacial score (nSPS) is 38.2. The van der Waals surface area contributed by atoms with Gasteiger partial charge in [0.15, 0.2) is 6.23 Å². The second-order valence-corrected chi connectivity index (χ2v) is 3.30. The maximum Gasteiger partial charge on any atom is 0.325 e. The summed E-state index contributed by atoms with van der Waals surface area (Å²) in [5, 5.41) is 10.7. The summed E-state index contributed by atoms with van der Waals surface area (Å²) in [6.07, 6.45) is 0.969. The Balaban J connectivity index is 1.92. The van der Waals surface area contributed by atoms with Gasteiger partial charge in [-0.05, 0) is 12.8 Å². The average Bonchev–Trinajstić information content (AvgIpc) is 2.88. The minimum Gasteiger partial charge on any atom is -0.375 e. The van der Waals surface area contributed by atoms with Crippen LogP contribution >= 0.6 is 0 Å². The molecule has 2 rings (SSSR count). The quantitative estimate of drug-likeness (QED) is 0.616. The van der Waals surface area contributed by atoms with Crippen LogP contribution in [-0.2, 0) is 14.4 Å². The minimum atomic E-state index is -0.709. The van der Waals surface area contributed by atoms with E-state index in [1.807, 2.05) is 0 Å². The average molecular weight is 187 g/mol. The lowest BCUT2D eigenvalue weighted by Crippen LogP contribution is -2.43. The maximum absolute atomic E-state index is 11.0. The zero-order valence-corrected chi connectivity index (χ0v) is 7.47. The van der Waals surface area contributed by atoms with Crippen LogP contribution in [0.4, 0.5) is 0 Å². The van der Waals surface area contributed by atoms with Crippen molar-refractivity contribution < 1.29 is 19.5 Å². The molecule has 13 heavy (non-hydrogen) atoms. The van der Waals surface area contributed by atoms with Gasteiger partial charge < -0.3 is 14.7 Å². The van der Waals surface area contributed by atoms with E-state index in [0.29, 0.717) is 12.8 Å². The first-order valence-electron chi connectivity index (χ1n) is 4.55. The van der Waals surface area contributed by atoms with Crippen LogP contribution in [0.25, 0.3) is 0 Å². The molecule has 0 aromatic rings. The Kier molecular flexibility index (Phi) is 2.23. The Morgan fingerprint density at radius 3 is 3.15 bits per heavy atom. The van der Waals surface area contributed by atoms with Crippen molar-refractivity contribution in [1.29, 1.82) is 0 Å². The van der Waals surface area contributed by atoms with Gasteiger partial charge in [-0.15, -0.1) is 0 Å². The van der Waals surface area contributed by atoms with Crippen LogP contribution < -0.4 is 0 Å². The van der Waals surface area contributed by atoms with E-state index in [-0.39, 0.29) is 18.3 Å². The van der Waals surface area contributed by atoms with E-state index in [2.05, 4.69) is 0 Å². The topological polar surface area (TPSA) is 62.3 Å². The van der Waals surface area contributed by atoms with Crippen molar-refractivity contribution in [2.75, 3.05) is 0 Å². The predicted molar refractivity (Wildman–Crippen MR) is 42.1 cm³/mol. The van der Waals surface area contributed by atoms with Gasteiger partial charge in [-0.2, -0.15) is 0 Å². The highest BCUT2D eigenvalue weighted by Gasteiger charge is 2.51. The van der Waals surface area contributed by atoms with E-state index in [1.165, 1.54) is 5.06 Å². The third kappa shape index (κ3) is 1.67. The van der Waals surface area contributed by atoms with Crippen molar-refractivity contribution in [2.24, 2.45) is 0 Å². The van der Waals surface area contributed by atoms with Crippen LogP contribution in [-0.4, -0.2) is 34.7 Å². The van der Waals surface area contributed by atoms with Crippen LogP contribution in [0.1, 0.15) is 26.2 Å². The molecule has 2 saturated heterocycles. The molecule has 5 heteroatoms. The van der Waals surface area contributed by atoms with E-state index in [9.17, 15) is 9.90 Å². The van der Waals surface area contributed by atoms with E-state index >= 15 is 0 Å². The third-order valence-electron chi connectivity index (χ3n) is 2.31. The highest BCUT2D eigenvalue weighted by atomic mass is 16.8. The van der Waals surface area contributed by atoms with Crippen molar-refractivity contribution >= 4 is 5.97 Å². The molecule has 5 nitrogen and oxygen atoms in total. The maximum atomic E-state index is 11.0. The van der Waals surface area contributed by atoms with Gasteiger partial charge in [-0.1, -0.05) is 12.0 Å². The molecule has 3 unspecified atom stereocenters. The summed E-state index contributed by atoms with van der Waals surface area (Å²) >= 11 is 0. The molecule has 3 atom stereocenters. The third-order valence-corrected chi connectivity index (χ3v) is 2.31. The van der Waals surface area contributed by atoms with Gasteiger partial charge in [0.25, 0.3) is 0 Å². The number of piperidine rings is 1. The van der Waals surface area contributed by atoms with E-state index in [4.69, 9.17) is 9.57 Å². The lowest BCUT2D eigenvalue weighted by Gasteiger charge is -2.26. The molecule has 0 aromatic carbocycles. The van der Waals surface area contributed by atoms with E-state index in [1.54, 1.807) is 6.92 Å². The number of hydroxylamine groups is 2. The van der Waals surface area contributed by atoms with Crippen molar-refractivity contribution in [3.63, 3.8) is 0 Å². The Morgan fingerprint density at radius 2 is 2.46 bits per heavy atom. The fourth-order valence-electron chi connectivity index (χ4n) is 1.47. The number of carbonyl (C=O) groups excluding carboxylic acids is 1. The van der Waals surface area contributed by atoms with Crippen molar-refractivity contribution in [3.8, 4) is 0 Å². The molecular weight excluding hydrogens is 174 g/mol. The van der Waals surface area contributed by atoms with Gasteiger partial charge in [-0.3, -0.25) is 4.79 Å². The summed E-state index contributed by atoms with van der Waals surface area (Å²) in [5.41, 5.74) is 0. The standard InChI is InChI=1S/C8H13NO4/c1-2-7(11)13-9-6(10)4-3-5-8(9)12-5/h5-6,8,10H,2-4H2,1H3. The number of fused-ring (bicyclic) bond motifs is 1. The predicted octanol–water partition coefficient (Wildman–Crippen LogP) is -0.00630. The van der Waals surface area contributed by atoms with E-state index in [0.717, 1.165) is 6.42 Å². The van der Waals surface area contributed by atoms with Crippen LogP contribution in [0.15, 0.2) is 0 Å². The van der Waals surface area contributed by atoms with Gasteiger partial charge >= 0.3 is 5.97 Å². The molecule has 0 aliphatic carbocycles. The van der Waals surface area contributed by atoms with Crippen molar-refractivity contribution in [1.82, 2.24) is 5.06 Å². The molecule has 2 aliphatic heterocycles. The van der Waals surface area contributed by atoms with Crippen molar-refractivity contribution in [2.45, 2.75) is 44.7 Å². The number of hydrogen-bond donors (Lipinski definition) is 1. The Labute approximate surface area is 76.2 Å². The van der Waals surface area contributed by atoms with Gasteiger partial charge in [-0.25, -0.2) is 0 Å². The lowest BCUT2D eigenvalue weighted by atomic mass is 10.1. The first-order valence-corrected chi connectivity index (χ1v) is 4.55. The summed E-state index contributed by atoms with van der Waals surface area (Å²) in [6, 6.07) is 0. The van der Waals surface area contributed by atoms with Gasteiger partial charge in [0.2, 0.25) is 0 Å². The van der Waals surface area contributed by atoms with E-state index < -0.39 is 6.23 Å². The molecular formula is C8H13NO4. The molecule has 2 heterocycles. The van der Waals surface area contributed by atoms with Crippen LogP contribution in [0.5, 0.6) is 0 Å². The molecule has 2 fully saturated rings. The highest BCUT2D eigenvalue weighted by Crippen LogP contribution is 2.37. The molecule has 0 amide bonds. The smallest absolute Gasteiger partial charge is 0.325 e. The van der Waals surface area contributed by atoms with Crippen LogP contribution in [0, 0.1) is 0 Å². The largest absolute Gasteiger partial charge is 0.375 e. The fourth-order valence-corrected chi connectivity index (χ4v) is 1.47. The second kappa shape index (κ2) is 3.25. The molecule has 0 radical (unpaired) electrons. The summed E-state index contributed by atoms with van der Waals surface area (Å²) in [5.74, 6) is -0.338. The number of epoxide rings is 1. The number of ether oxygens (including phenoxy) is 1. The Hall–Kier alpha value is -0.650. The van der Waals surface area contributed by atoms with Gasteiger partial charge in [0.05, 0.1) is 0 Å². The number of carbonyl (C=O) groups is 1. The molecule has 0 aromatic heterocycles. The SMILES string of the molecule is CCC(=O)ON1C(O)CCC2OC21. The highest BCUT2D eigenvalue weighted by molar-refractivity contribution is 5.68. The zero-order chi connectivity index (χ0) is 9.42. The number of aliphatic hydroxyl groups excluding tert-OH is 1. The van der Waals surface area contributed by atoms with Crippen molar-refractivity contribution in [3.05, 3.63) is 0 Å². The summed E-state index contributed by atoms with van der Waals surface area (Å²) in [6.45, 7) is 1.71. The zero-order valence-electron chi connectivity index (χ0n) is 7.47. The summed E-state index contributed by atoms with van der Waals surface area (Å²) in [4.78, 5) is 15.9. The Morgan fingerprint density at radius 1 is 1.69 bits per heavy atom. The second-order valence-electron chi connectivity index (χ2n) is 3.30. The Bertz CT molecular complexity index is 218. The molecule has 0 spiro atoms. The van der Waals surface area contributed by atoms with Crippen LogP contribution in [0.2, 0.25) is 0 Å². The summed E-state index contributed by atoms with van der Waals surface area (Å²) < 4.78 is 5.19. The number of nitrogens with zero attached hydrogens (tertiary/aromatic N) is 1. The fraction of sp³-hybridized carbons (Fsp3) is 0.875. The van der Waals surface area contributed by atoms with Crippen LogP contribution in [0.3, 0.4) is 0 Å². The number of rotatable bonds is 2. The molecule has 74 valence electrons. The number of hydrogen-bond acceptors (Lipinski definition) is 5. The van der Waals surface area contributed by atoms with Gasteiger partial charge in [0.1, 0.15) is 12.3 Å². The molecule has 0 saturated carbocycles. The summed E-state index contributed by atoms with van der Waals surface area (Å²) in [7, 11) is 0. The first kappa shape index (κ1) is 8.93. The number of aliphatic hydroxyl groups is 1. The molecule has 2 aliphatic rings.